The van der Waals surface area contributed by atoms with Crippen molar-refractivity contribution in [3.63, 3.8) is 0 Å². The van der Waals surface area contributed by atoms with E-state index in [2.05, 4.69) is 25.5 Å². The van der Waals surface area contributed by atoms with Gasteiger partial charge in [-0.05, 0) is 18.3 Å². The van der Waals surface area contributed by atoms with Crippen molar-refractivity contribution in [2.24, 2.45) is 5.41 Å². The van der Waals surface area contributed by atoms with Crippen molar-refractivity contribution in [1.82, 2.24) is 4.72 Å². The lowest BCUT2D eigenvalue weighted by atomic mass is 9.91. The topological polar surface area (TPSA) is 83.5 Å². The van der Waals surface area contributed by atoms with E-state index >= 15 is 0 Å². The number of carbonyl (C=O) groups is 1. The van der Waals surface area contributed by atoms with Crippen molar-refractivity contribution in [1.29, 1.82) is 0 Å². The Morgan fingerprint density at radius 2 is 1.88 bits per heavy atom. The Hall–Kier alpha value is -0.620. The number of sulfonamides is 1. The highest BCUT2D eigenvalue weighted by atomic mass is 32.2. The Morgan fingerprint density at radius 1 is 1.31 bits per heavy atom. The van der Waals surface area contributed by atoms with Crippen molar-refractivity contribution in [2.75, 3.05) is 12.3 Å². The fraction of sp³-hybridized carbons (Fsp3) is 0.900. The van der Waals surface area contributed by atoms with Gasteiger partial charge in [0.05, 0.1) is 12.2 Å². The summed E-state index contributed by atoms with van der Waals surface area (Å²) >= 11 is 0. The molecule has 0 saturated heterocycles. The summed E-state index contributed by atoms with van der Waals surface area (Å²) in [6.45, 7) is 6.12. The molecule has 5 nitrogen and oxygen atoms in total. The monoisotopic (exact) mass is 251 g/mol. The number of aliphatic carboxylic acids is 1. The molecule has 0 saturated carbocycles. The molecule has 6 heteroatoms. The van der Waals surface area contributed by atoms with Gasteiger partial charge in [-0.1, -0.05) is 20.8 Å². The average molecular weight is 251 g/mol. The zero-order valence-electron chi connectivity index (χ0n) is 10.1. The van der Waals surface area contributed by atoms with Crippen LogP contribution in [0.2, 0.25) is 0 Å². The van der Waals surface area contributed by atoms with Gasteiger partial charge >= 0.3 is 5.97 Å². The van der Waals surface area contributed by atoms with Gasteiger partial charge < -0.3 is 5.11 Å². The maximum Gasteiger partial charge on any atom is 0.304 e. The molecule has 0 bridgehead atoms. The van der Waals surface area contributed by atoms with E-state index in [-0.39, 0.29) is 24.1 Å². The van der Waals surface area contributed by atoms with E-state index in [1.165, 1.54) is 0 Å². The Morgan fingerprint density at radius 3 is 2.31 bits per heavy atom. The van der Waals surface area contributed by atoms with Crippen molar-refractivity contribution in [2.45, 2.75) is 40.0 Å². The van der Waals surface area contributed by atoms with Gasteiger partial charge in [-0.25, -0.2) is 13.1 Å². The molecule has 96 valence electrons. The Bertz CT molecular complexity index is 316. The Balaban J connectivity index is 3.84. The summed E-state index contributed by atoms with van der Waals surface area (Å²) in [7, 11) is -3.31. The highest BCUT2D eigenvalue weighted by Crippen LogP contribution is 2.20. The fourth-order valence-corrected chi connectivity index (χ4v) is 2.26. The zero-order chi connectivity index (χ0) is 12.8. The first kappa shape index (κ1) is 15.4. The zero-order valence-corrected chi connectivity index (χ0v) is 10.9. The van der Waals surface area contributed by atoms with Crippen LogP contribution in [0.15, 0.2) is 0 Å². The van der Waals surface area contributed by atoms with Gasteiger partial charge in [0.25, 0.3) is 0 Å². The van der Waals surface area contributed by atoms with Gasteiger partial charge in [0.1, 0.15) is 0 Å². The number of rotatable bonds is 7. The first-order chi connectivity index (χ1) is 7.12. The molecule has 0 amide bonds. The second-order valence-electron chi connectivity index (χ2n) is 5.02. The van der Waals surface area contributed by atoms with Gasteiger partial charge in [-0.3, -0.25) is 4.79 Å². The van der Waals surface area contributed by atoms with Crippen LogP contribution < -0.4 is 4.72 Å². The SMILES string of the molecule is CC(C)(C)CCCS(=O)(=O)NCCC(=O)O. The molecule has 0 spiro atoms. The number of carboxylic acids is 1. The fourth-order valence-electron chi connectivity index (χ4n) is 1.18. The Kier molecular flexibility index (Phi) is 5.96. The number of carboxylic acid groups (broad SMARTS) is 1. The molecule has 0 radical (unpaired) electrons. The summed E-state index contributed by atoms with van der Waals surface area (Å²) in [6, 6.07) is 0. The molecular weight excluding hydrogens is 230 g/mol. The Labute approximate surface area is 97.3 Å². The lowest BCUT2D eigenvalue weighted by Crippen LogP contribution is -2.29. The lowest BCUT2D eigenvalue weighted by Gasteiger charge is -2.17. The van der Waals surface area contributed by atoms with Gasteiger partial charge in [-0.15, -0.1) is 0 Å². The molecule has 0 heterocycles. The maximum absolute atomic E-state index is 11.4. The van der Waals surface area contributed by atoms with E-state index in [1.54, 1.807) is 0 Å². The molecule has 0 unspecified atom stereocenters. The van der Waals surface area contributed by atoms with Gasteiger partial charge in [-0.2, -0.15) is 0 Å². The van der Waals surface area contributed by atoms with E-state index in [9.17, 15) is 13.2 Å². The summed E-state index contributed by atoms with van der Waals surface area (Å²) in [5, 5.41) is 8.36. The van der Waals surface area contributed by atoms with Crippen LogP contribution in [0.3, 0.4) is 0 Å². The number of hydrogen-bond acceptors (Lipinski definition) is 3. The minimum absolute atomic E-state index is 0.0345. The van der Waals surface area contributed by atoms with Gasteiger partial charge in [0, 0.05) is 6.54 Å². The smallest absolute Gasteiger partial charge is 0.304 e. The summed E-state index contributed by atoms with van der Waals surface area (Å²) in [4.78, 5) is 10.2. The second-order valence-corrected chi connectivity index (χ2v) is 6.95. The molecule has 2 N–H and O–H groups in total. The van der Waals surface area contributed by atoms with Crippen LogP contribution in [0, 0.1) is 5.41 Å². The minimum atomic E-state index is -3.31. The molecule has 0 aliphatic heterocycles. The number of hydrogen-bond donors (Lipinski definition) is 2. The van der Waals surface area contributed by atoms with Crippen LogP contribution in [0.4, 0.5) is 0 Å². The minimum Gasteiger partial charge on any atom is -0.481 e. The van der Waals surface area contributed by atoms with E-state index < -0.39 is 16.0 Å². The summed E-state index contributed by atoms with van der Waals surface area (Å²) in [6.07, 6.45) is 1.23. The third-order valence-electron chi connectivity index (χ3n) is 2.00. The molecule has 0 aliphatic rings. The third kappa shape index (κ3) is 9.92. The highest BCUT2D eigenvalue weighted by molar-refractivity contribution is 7.89. The normalized spacial score (nSPS) is 12.7. The quantitative estimate of drug-likeness (QED) is 0.712. The first-order valence-electron chi connectivity index (χ1n) is 5.31. The van der Waals surface area contributed by atoms with E-state index in [0.29, 0.717) is 6.42 Å². The molecular formula is C10H21NO4S. The summed E-state index contributed by atoms with van der Waals surface area (Å²) < 4.78 is 25.1. The van der Waals surface area contributed by atoms with Crippen LogP contribution in [0.25, 0.3) is 0 Å². The highest BCUT2D eigenvalue weighted by Gasteiger charge is 2.14. The van der Waals surface area contributed by atoms with Crippen LogP contribution in [-0.2, 0) is 14.8 Å². The van der Waals surface area contributed by atoms with E-state index in [0.717, 1.165) is 6.42 Å². The van der Waals surface area contributed by atoms with Crippen LogP contribution in [0.1, 0.15) is 40.0 Å². The van der Waals surface area contributed by atoms with Crippen LogP contribution in [0.5, 0.6) is 0 Å². The third-order valence-corrected chi connectivity index (χ3v) is 3.47. The average Bonchev–Trinajstić information content (AvgIpc) is 1.99. The molecule has 0 aliphatic carbocycles. The lowest BCUT2D eigenvalue weighted by molar-refractivity contribution is -0.136. The van der Waals surface area contributed by atoms with Crippen molar-refractivity contribution < 1.29 is 18.3 Å². The molecule has 0 rings (SSSR count). The van der Waals surface area contributed by atoms with Crippen molar-refractivity contribution in [3.8, 4) is 0 Å². The molecule has 16 heavy (non-hydrogen) atoms. The summed E-state index contributed by atoms with van der Waals surface area (Å²) in [5.74, 6) is -0.943. The standard InChI is InChI=1S/C10H21NO4S/c1-10(2,3)6-4-8-16(14,15)11-7-5-9(12)13/h11H,4-8H2,1-3H3,(H,12,13). The molecule has 0 aromatic heterocycles. The molecule has 0 aromatic carbocycles. The van der Waals surface area contributed by atoms with Crippen molar-refractivity contribution >= 4 is 16.0 Å². The first-order valence-corrected chi connectivity index (χ1v) is 6.97. The molecule has 0 atom stereocenters. The van der Waals surface area contributed by atoms with Crippen LogP contribution >= 0.6 is 0 Å². The second kappa shape index (κ2) is 6.20. The van der Waals surface area contributed by atoms with E-state index in [4.69, 9.17) is 5.11 Å². The van der Waals surface area contributed by atoms with Gasteiger partial charge in [0.15, 0.2) is 0 Å². The predicted octanol–water partition coefficient (Wildman–Crippen LogP) is 1.21. The molecule has 0 aromatic rings. The predicted molar refractivity (Wildman–Crippen MR) is 62.7 cm³/mol. The summed E-state index contributed by atoms with van der Waals surface area (Å²) in [5.41, 5.74) is 0.122. The largest absolute Gasteiger partial charge is 0.481 e. The van der Waals surface area contributed by atoms with Crippen molar-refractivity contribution in [3.05, 3.63) is 0 Å². The van der Waals surface area contributed by atoms with E-state index in [1.807, 2.05) is 0 Å². The molecule has 0 fully saturated rings. The van der Waals surface area contributed by atoms with Gasteiger partial charge in [0.2, 0.25) is 10.0 Å². The maximum atomic E-state index is 11.4. The van der Waals surface area contributed by atoms with Crippen LogP contribution in [-0.4, -0.2) is 31.8 Å². The number of nitrogens with one attached hydrogen (secondary N) is 1.